The third kappa shape index (κ3) is 3.37. The van der Waals surface area contributed by atoms with Crippen LogP contribution in [0.4, 0.5) is 0 Å². The molecule has 1 aromatic carbocycles. The summed E-state index contributed by atoms with van der Waals surface area (Å²) in [7, 11) is 0. The Balaban J connectivity index is 2.08. The van der Waals surface area contributed by atoms with Crippen LogP contribution < -0.4 is 0 Å². The highest BCUT2D eigenvalue weighted by Crippen LogP contribution is 2.37. The zero-order valence-electron chi connectivity index (χ0n) is 9.78. The van der Waals surface area contributed by atoms with E-state index in [2.05, 4.69) is 0 Å². The maximum atomic E-state index is 9.60. The molecule has 0 unspecified atom stereocenters. The van der Waals surface area contributed by atoms with Gasteiger partial charge < -0.3 is 5.11 Å². The van der Waals surface area contributed by atoms with Gasteiger partial charge in [-0.25, -0.2) is 0 Å². The minimum Gasteiger partial charge on any atom is -0.396 e. The van der Waals surface area contributed by atoms with Crippen LogP contribution in [0, 0.1) is 5.92 Å². The van der Waals surface area contributed by atoms with E-state index in [0.29, 0.717) is 11.3 Å². The maximum absolute atomic E-state index is 9.60. The Hall–Kier alpha value is -0.240. The predicted octanol–water partition coefficient (Wildman–Crippen LogP) is 4.21. The second kappa shape index (κ2) is 6.08. The molecule has 1 saturated carbocycles. The summed E-state index contributed by atoms with van der Waals surface area (Å²) < 4.78 is 0. The standard InChI is InChI=1S/C14H18Cl2O/c15-12-5-1-10(2-6-12)14(9-17)11-3-7-13(16)8-4-11/h1-2,5-6,11,13-14,17H,3-4,7-9H2/t11?,13?,14-/m1/s1. The first-order valence-electron chi connectivity index (χ1n) is 6.21. The summed E-state index contributed by atoms with van der Waals surface area (Å²) in [5.74, 6) is 0.785. The van der Waals surface area contributed by atoms with Crippen LogP contribution in [0.1, 0.15) is 37.2 Å². The van der Waals surface area contributed by atoms with E-state index >= 15 is 0 Å². The highest BCUT2D eigenvalue weighted by atomic mass is 35.5. The molecule has 0 heterocycles. The minimum absolute atomic E-state index is 0.208. The van der Waals surface area contributed by atoms with Gasteiger partial charge in [0, 0.05) is 16.3 Å². The zero-order chi connectivity index (χ0) is 12.3. The van der Waals surface area contributed by atoms with Crippen molar-refractivity contribution in [2.75, 3.05) is 6.61 Å². The lowest BCUT2D eigenvalue weighted by atomic mass is 9.77. The van der Waals surface area contributed by atoms with Crippen LogP contribution in [0.5, 0.6) is 0 Å². The van der Waals surface area contributed by atoms with Gasteiger partial charge in [-0.2, -0.15) is 0 Å². The van der Waals surface area contributed by atoms with Gasteiger partial charge in [0.15, 0.2) is 0 Å². The van der Waals surface area contributed by atoms with Gasteiger partial charge in [0.05, 0.1) is 6.61 Å². The molecule has 94 valence electrons. The SMILES string of the molecule is OC[C@H](c1ccc(Cl)cc1)C1CCC(Cl)CC1. The summed E-state index contributed by atoms with van der Waals surface area (Å²) in [5, 5.41) is 10.7. The quantitative estimate of drug-likeness (QED) is 0.818. The van der Waals surface area contributed by atoms with Gasteiger partial charge >= 0.3 is 0 Å². The summed E-state index contributed by atoms with van der Waals surface area (Å²) in [4.78, 5) is 0. The fraction of sp³-hybridized carbons (Fsp3) is 0.571. The zero-order valence-corrected chi connectivity index (χ0v) is 11.3. The molecule has 1 fully saturated rings. The molecule has 1 aliphatic rings. The number of halogens is 2. The molecule has 1 aromatic rings. The van der Waals surface area contributed by atoms with Crippen LogP contribution in [0.25, 0.3) is 0 Å². The number of benzene rings is 1. The molecular weight excluding hydrogens is 255 g/mol. The largest absolute Gasteiger partial charge is 0.396 e. The second-order valence-corrected chi connectivity index (χ2v) is 5.91. The average molecular weight is 273 g/mol. The number of aliphatic hydroxyl groups is 1. The van der Waals surface area contributed by atoms with Crippen LogP contribution in [0.15, 0.2) is 24.3 Å². The van der Waals surface area contributed by atoms with E-state index in [0.717, 1.165) is 30.7 Å². The third-order valence-electron chi connectivity index (χ3n) is 3.77. The topological polar surface area (TPSA) is 20.2 Å². The van der Waals surface area contributed by atoms with Crippen molar-refractivity contribution in [1.29, 1.82) is 0 Å². The number of rotatable bonds is 3. The monoisotopic (exact) mass is 272 g/mol. The molecular formula is C14H18Cl2O. The van der Waals surface area contributed by atoms with Crippen molar-refractivity contribution in [3.8, 4) is 0 Å². The van der Waals surface area contributed by atoms with E-state index < -0.39 is 0 Å². The van der Waals surface area contributed by atoms with E-state index in [-0.39, 0.29) is 12.5 Å². The fourth-order valence-electron chi connectivity index (χ4n) is 2.72. The second-order valence-electron chi connectivity index (χ2n) is 4.85. The smallest absolute Gasteiger partial charge is 0.0502 e. The van der Waals surface area contributed by atoms with E-state index in [1.54, 1.807) is 0 Å². The predicted molar refractivity (Wildman–Crippen MR) is 72.9 cm³/mol. The molecule has 3 heteroatoms. The first kappa shape index (κ1) is 13.2. The van der Waals surface area contributed by atoms with Crippen molar-refractivity contribution in [1.82, 2.24) is 0 Å². The van der Waals surface area contributed by atoms with Gasteiger partial charge in [0.25, 0.3) is 0 Å². The molecule has 0 radical (unpaired) electrons. The number of hydrogen-bond acceptors (Lipinski definition) is 1. The van der Waals surface area contributed by atoms with Crippen LogP contribution >= 0.6 is 23.2 Å². The molecule has 2 rings (SSSR count). The molecule has 0 saturated heterocycles. The van der Waals surface area contributed by atoms with Crippen molar-refractivity contribution in [3.05, 3.63) is 34.9 Å². The lowest BCUT2D eigenvalue weighted by molar-refractivity contribution is 0.197. The Kier molecular flexibility index (Phi) is 4.72. The van der Waals surface area contributed by atoms with E-state index in [4.69, 9.17) is 23.2 Å². The van der Waals surface area contributed by atoms with Crippen LogP contribution in [-0.4, -0.2) is 17.1 Å². The third-order valence-corrected chi connectivity index (χ3v) is 4.45. The Morgan fingerprint density at radius 3 is 2.24 bits per heavy atom. The van der Waals surface area contributed by atoms with E-state index in [1.165, 1.54) is 5.56 Å². The number of hydrogen-bond donors (Lipinski definition) is 1. The summed E-state index contributed by atoms with van der Waals surface area (Å²) in [6, 6.07) is 7.84. The number of aliphatic hydroxyl groups excluding tert-OH is 1. The summed E-state index contributed by atoms with van der Waals surface area (Å²) >= 11 is 12.0. The fourth-order valence-corrected chi connectivity index (χ4v) is 3.10. The van der Waals surface area contributed by atoms with E-state index in [1.807, 2.05) is 24.3 Å². The molecule has 1 nitrogen and oxygen atoms in total. The van der Waals surface area contributed by atoms with Crippen molar-refractivity contribution in [2.45, 2.75) is 37.0 Å². The van der Waals surface area contributed by atoms with Gasteiger partial charge in [0.2, 0.25) is 0 Å². The first-order valence-corrected chi connectivity index (χ1v) is 7.02. The van der Waals surface area contributed by atoms with Crippen LogP contribution in [0.3, 0.4) is 0 Å². The Morgan fingerprint density at radius 1 is 1.12 bits per heavy atom. The molecule has 1 N–H and O–H groups in total. The first-order chi connectivity index (χ1) is 8.20. The molecule has 17 heavy (non-hydrogen) atoms. The average Bonchev–Trinajstić information content (AvgIpc) is 2.35. The molecule has 0 aromatic heterocycles. The van der Waals surface area contributed by atoms with Crippen molar-refractivity contribution in [3.63, 3.8) is 0 Å². The van der Waals surface area contributed by atoms with Crippen LogP contribution in [0.2, 0.25) is 5.02 Å². The lowest BCUT2D eigenvalue weighted by Crippen LogP contribution is -2.23. The lowest BCUT2D eigenvalue weighted by Gasteiger charge is -2.31. The van der Waals surface area contributed by atoms with Gasteiger partial charge in [-0.3, -0.25) is 0 Å². The molecule has 1 aliphatic carbocycles. The molecule has 0 bridgehead atoms. The van der Waals surface area contributed by atoms with Gasteiger partial charge in [-0.15, -0.1) is 11.6 Å². The van der Waals surface area contributed by atoms with Crippen molar-refractivity contribution >= 4 is 23.2 Å². The maximum Gasteiger partial charge on any atom is 0.0502 e. The Bertz CT molecular complexity index is 342. The van der Waals surface area contributed by atoms with Gasteiger partial charge in [-0.05, 0) is 49.3 Å². The highest BCUT2D eigenvalue weighted by molar-refractivity contribution is 6.30. The Morgan fingerprint density at radius 2 is 1.71 bits per heavy atom. The normalized spacial score (nSPS) is 26.8. The highest BCUT2D eigenvalue weighted by Gasteiger charge is 2.27. The molecule has 0 amide bonds. The van der Waals surface area contributed by atoms with Gasteiger partial charge in [-0.1, -0.05) is 23.7 Å². The Labute approximate surface area is 113 Å². The summed E-state index contributed by atoms with van der Waals surface area (Å²) in [6.07, 6.45) is 4.36. The van der Waals surface area contributed by atoms with Gasteiger partial charge in [0.1, 0.15) is 0 Å². The summed E-state index contributed by atoms with van der Waals surface area (Å²) in [5.41, 5.74) is 1.19. The van der Waals surface area contributed by atoms with E-state index in [9.17, 15) is 5.11 Å². The van der Waals surface area contributed by atoms with Crippen molar-refractivity contribution < 1.29 is 5.11 Å². The molecule has 1 atom stereocenters. The van der Waals surface area contributed by atoms with Crippen molar-refractivity contribution in [2.24, 2.45) is 5.92 Å². The molecule has 0 aliphatic heterocycles. The van der Waals surface area contributed by atoms with Crippen LogP contribution in [-0.2, 0) is 0 Å². The molecule has 0 spiro atoms. The number of alkyl halides is 1. The summed E-state index contributed by atoms with van der Waals surface area (Å²) in [6.45, 7) is 0.208. The minimum atomic E-state index is 0.208.